The molecule has 58 heavy (non-hydrogen) atoms. The first-order valence-corrected chi connectivity index (χ1v) is 20.6. The van der Waals surface area contributed by atoms with E-state index >= 15 is 0 Å². The molecule has 13 aromatic rings. The first kappa shape index (κ1) is 31.8. The van der Waals surface area contributed by atoms with Crippen molar-refractivity contribution in [1.82, 2.24) is 9.13 Å². The number of aromatic nitrogens is 2. The van der Waals surface area contributed by atoms with Crippen LogP contribution in [-0.4, -0.2) is 9.13 Å². The zero-order valence-electron chi connectivity index (χ0n) is 31.2. The molecule has 0 saturated carbocycles. The van der Waals surface area contributed by atoms with Crippen molar-refractivity contribution in [3.05, 3.63) is 194 Å². The van der Waals surface area contributed by atoms with Gasteiger partial charge in [0.1, 0.15) is 5.58 Å². The Morgan fingerprint density at radius 1 is 0.379 bits per heavy atom. The first-order valence-electron chi connectivity index (χ1n) is 19.8. The molecular weight excluding hydrogens is 725 g/mol. The van der Waals surface area contributed by atoms with E-state index in [0.29, 0.717) is 0 Å². The Hall–Kier alpha value is -7.40. The van der Waals surface area contributed by atoms with E-state index in [1.165, 1.54) is 75.0 Å². The van der Waals surface area contributed by atoms with Gasteiger partial charge in [0.25, 0.3) is 0 Å². The number of hydrogen-bond acceptors (Lipinski definition) is 2. The van der Waals surface area contributed by atoms with Crippen molar-refractivity contribution in [3.63, 3.8) is 0 Å². The monoisotopic (exact) mass is 756 g/mol. The lowest BCUT2D eigenvalue weighted by Gasteiger charge is -2.17. The highest BCUT2D eigenvalue weighted by molar-refractivity contribution is 7.25. The molecule has 13 rings (SSSR count). The summed E-state index contributed by atoms with van der Waals surface area (Å²) in [6.45, 7) is 0. The lowest BCUT2D eigenvalue weighted by atomic mass is 9.91. The summed E-state index contributed by atoms with van der Waals surface area (Å²) in [5, 5.41) is 9.73. The normalized spacial score (nSPS) is 12.1. The molecule has 0 aliphatic carbocycles. The third-order valence-electron chi connectivity index (χ3n) is 12.1. The van der Waals surface area contributed by atoms with Crippen LogP contribution in [0, 0.1) is 0 Å². The lowest BCUT2D eigenvalue weighted by molar-refractivity contribution is 0.666. The van der Waals surface area contributed by atoms with Crippen LogP contribution in [0.2, 0.25) is 0 Å². The number of furan rings is 1. The highest BCUT2D eigenvalue weighted by Crippen LogP contribution is 2.46. The molecule has 270 valence electrons. The van der Waals surface area contributed by atoms with Gasteiger partial charge >= 0.3 is 0 Å². The second-order valence-corrected chi connectivity index (χ2v) is 16.3. The summed E-state index contributed by atoms with van der Waals surface area (Å²) in [7, 11) is 0. The van der Waals surface area contributed by atoms with E-state index in [1.807, 2.05) is 17.4 Å². The number of benzene rings is 9. The molecule has 0 saturated heterocycles. The van der Waals surface area contributed by atoms with Crippen LogP contribution in [0.1, 0.15) is 0 Å². The van der Waals surface area contributed by atoms with Crippen LogP contribution >= 0.6 is 11.3 Å². The highest BCUT2D eigenvalue weighted by atomic mass is 32.1. The maximum atomic E-state index is 6.62. The topological polar surface area (TPSA) is 23.0 Å². The predicted octanol–water partition coefficient (Wildman–Crippen LogP) is 15.5. The van der Waals surface area contributed by atoms with E-state index in [-0.39, 0.29) is 0 Å². The molecule has 0 radical (unpaired) electrons. The molecule has 4 aromatic heterocycles. The molecular formula is C54H32N2OS. The Morgan fingerprint density at radius 2 is 1.05 bits per heavy atom. The molecule has 0 unspecified atom stereocenters. The van der Waals surface area contributed by atoms with Crippen molar-refractivity contribution in [2.75, 3.05) is 0 Å². The Morgan fingerprint density at radius 3 is 1.91 bits per heavy atom. The van der Waals surface area contributed by atoms with Gasteiger partial charge in [-0.3, -0.25) is 0 Å². The minimum Gasteiger partial charge on any atom is -0.454 e. The van der Waals surface area contributed by atoms with Gasteiger partial charge < -0.3 is 13.6 Å². The van der Waals surface area contributed by atoms with Crippen molar-refractivity contribution in [2.45, 2.75) is 0 Å². The fourth-order valence-electron chi connectivity index (χ4n) is 9.63. The van der Waals surface area contributed by atoms with Gasteiger partial charge in [0.2, 0.25) is 0 Å². The van der Waals surface area contributed by atoms with E-state index in [0.717, 1.165) is 44.3 Å². The van der Waals surface area contributed by atoms with Gasteiger partial charge in [-0.2, -0.15) is 0 Å². The van der Waals surface area contributed by atoms with Gasteiger partial charge in [0.15, 0.2) is 5.58 Å². The number of thiophene rings is 1. The fourth-order valence-corrected chi connectivity index (χ4v) is 10.7. The largest absolute Gasteiger partial charge is 0.454 e. The fraction of sp³-hybridized carbons (Fsp3) is 0. The van der Waals surface area contributed by atoms with Crippen molar-refractivity contribution in [3.8, 4) is 33.6 Å². The Labute approximate surface area is 336 Å². The summed E-state index contributed by atoms with van der Waals surface area (Å²) in [4.78, 5) is 0. The van der Waals surface area contributed by atoms with Crippen molar-refractivity contribution in [2.24, 2.45) is 0 Å². The summed E-state index contributed by atoms with van der Waals surface area (Å²) in [6.07, 6.45) is 0. The van der Waals surface area contributed by atoms with Gasteiger partial charge in [0, 0.05) is 63.7 Å². The molecule has 9 aromatic carbocycles. The van der Waals surface area contributed by atoms with Crippen LogP contribution in [0.3, 0.4) is 0 Å². The SMILES string of the molecule is c1ccc(-c2ccc3c4ccccc4n(-c4ccc5sc6ccccc6c5c4)c3c2-c2ccc3c(c2)c2ccccc2n3-c2cccc3c2oc2ccccc23)cc1. The van der Waals surface area contributed by atoms with Crippen molar-refractivity contribution >= 4 is 97.1 Å². The Kier molecular flexibility index (Phi) is 6.60. The smallest absolute Gasteiger partial charge is 0.159 e. The second-order valence-electron chi connectivity index (χ2n) is 15.2. The molecule has 0 spiro atoms. The van der Waals surface area contributed by atoms with Gasteiger partial charge in [0.05, 0.1) is 27.8 Å². The maximum Gasteiger partial charge on any atom is 0.159 e. The van der Waals surface area contributed by atoms with Crippen LogP contribution in [0.5, 0.6) is 0 Å². The highest BCUT2D eigenvalue weighted by Gasteiger charge is 2.23. The molecule has 0 atom stereocenters. The zero-order valence-corrected chi connectivity index (χ0v) is 32.0. The minimum absolute atomic E-state index is 0.895. The average Bonchev–Trinajstić information content (AvgIpc) is 4.04. The molecule has 4 heteroatoms. The molecule has 3 nitrogen and oxygen atoms in total. The van der Waals surface area contributed by atoms with E-state index in [9.17, 15) is 0 Å². The number of para-hydroxylation sites is 4. The van der Waals surface area contributed by atoms with E-state index in [4.69, 9.17) is 4.42 Å². The van der Waals surface area contributed by atoms with E-state index in [2.05, 4.69) is 197 Å². The molecule has 0 N–H and O–H groups in total. The number of rotatable bonds is 4. The quantitative estimate of drug-likeness (QED) is 0.175. The van der Waals surface area contributed by atoms with Crippen LogP contribution in [-0.2, 0) is 0 Å². The van der Waals surface area contributed by atoms with Crippen molar-refractivity contribution in [1.29, 1.82) is 0 Å². The molecule has 0 bridgehead atoms. The first-order chi connectivity index (χ1) is 28.8. The summed E-state index contributed by atoms with van der Waals surface area (Å²) < 4.78 is 14.1. The summed E-state index contributed by atoms with van der Waals surface area (Å²) in [6, 6.07) is 70.8. The maximum absolute atomic E-state index is 6.62. The summed E-state index contributed by atoms with van der Waals surface area (Å²) in [5.74, 6) is 0. The molecule has 0 aliphatic rings. The number of nitrogens with zero attached hydrogens (tertiary/aromatic N) is 2. The third kappa shape index (κ3) is 4.43. The van der Waals surface area contributed by atoms with Gasteiger partial charge in [-0.1, -0.05) is 133 Å². The second kappa shape index (κ2) is 12.1. The van der Waals surface area contributed by atoms with Gasteiger partial charge in [-0.05, 0) is 77.4 Å². The molecule has 0 fully saturated rings. The summed E-state index contributed by atoms with van der Waals surface area (Å²) >= 11 is 1.86. The van der Waals surface area contributed by atoms with Crippen LogP contribution in [0.25, 0.3) is 119 Å². The molecule has 4 heterocycles. The number of fused-ring (bicyclic) bond motifs is 12. The third-order valence-corrected chi connectivity index (χ3v) is 13.3. The molecule has 0 amide bonds. The minimum atomic E-state index is 0.895. The predicted molar refractivity (Wildman–Crippen MR) is 246 cm³/mol. The Bertz CT molecular complexity index is 3800. The van der Waals surface area contributed by atoms with Crippen molar-refractivity contribution < 1.29 is 4.42 Å². The van der Waals surface area contributed by atoms with Gasteiger partial charge in [-0.15, -0.1) is 11.3 Å². The standard InChI is InChI=1S/C54H32N2OS/c1-2-13-33(14-3-1)36-27-28-41-37-15-4-8-20-45(37)55(35-26-30-51-44(32-35)40-18-7-11-24-50(40)58-51)53(41)52(36)34-25-29-47-43(31-34)38-16-5-9-21-46(38)56(47)48-22-12-19-42-39-17-6-10-23-49(39)57-54(42)48/h1-32H. The van der Waals surface area contributed by atoms with E-state index in [1.54, 1.807) is 0 Å². The van der Waals surface area contributed by atoms with Crippen LogP contribution < -0.4 is 0 Å². The number of hydrogen-bond donors (Lipinski definition) is 0. The van der Waals surface area contributed by atoms with E-state index < -0.39 is 0 Å². The lowest BCUT2D eigenvalue weighted by Crippen LogP contribution is -1.97. The Balaban J connectivity index is 1.14. The zero-order chi connectivity index (χ0) is 37.9. The summed E-state index contributed by atoms with van der Waals surface area (Å²) in [5.41, 5.74) is 13.5. The van der Waals surface area contributed by atoms with Crippen LogP contribution in [0.4, 0.5) is 0 Å². The molecule has 0 aliphatic heterocycles. The van der Waals surface area contributed by atoms with Crippen LogP contribution in [0.15, 0.2) is 199 Å². The average molecular weight is 757 g/mol. The van der Waals surface area contributed by atoms with Gasteiger partial charge in [-0.25, -0.2) is 0 Å².